The van der Waals surface area contributed by atoms with Crippen molar-refractivity contribution in [1.29, 1.82) is 0 Å². The number of benzene rings is 2. The molecule has 2 aliphatic carbocycles. The first kappa shape index (κ1) is 47.3. The molecule has 2 saturated carbocycles. The molecule has 2 nitrogen and oxygen atoms in total. The largest absolute Gasteiger partial charge is 1.00 e. The minimum absolute atomic E-state index is 0. The molecule has 0 aromatic heterocycles. The van der Waals surface area contributed by atoms with Gasteiger partial charge in [0.2, 0.25) is 0 Å². The summed E-state index contributed by atoms with van der Waals surface area (Å²) in [6.07, 6.45) is 9.81. The van der Waals surface area contributed by atoms with E-state index in [4.69, 9.17) is 11.5 Å². The van der Waals surface area contributed by atoms with E-state index in [2.05, 4.69) is 111 Å². The molecule has 0 aliphatic heterocycles. The molecule has 0 heterocycles. The van der Waals surface area contributed by atoms with E-state index in [-0.39, 0.29) is 76.5 Å². The van der Waals surface area contributed by atoms with Crippen LogP contribution in [0.2, 0.25) is 26.2 Å². The average molecular weight is 943 g/mol. The number of halogens is 2. The van der Waals surface area contributed by atoms with Gasteiger partial charge in [-0.05, 0) is 0 Å². The number of hydrogen-bond donors (Lipinski definition) is 0. The molecular weight excluding hydrogens is 896 g/mol. The first-order valence-corrected chi connectivity index (χ1v) is 17.4. The normalized spacial score (nSPS) is 13.2. The zero-order valence-corrected chi connectivity index (χ0v) is 35.3. The van der Waals surface area contributed by atoms with Crippen LogP contribution in [0.1, 0.15) is 51.4 Å². The number of fused-ring (bicyclic) bond motifs is 2. The Labute approximate surface area is 300 Å². The van der Waals surface area contributed by atoms with Gasteiger partial charge in [-0.2, -0.15) is 35.0 Å². The molecule has 0 atom stereocenters. The van der Waals surface area contributed by atoms with Crippen LogP contribution >= 0.6 is 0 Å². The summed E-state index contributed by atoms with van der Waals surface area (Å²) < 4.78 is 0. The van der Waals surface area contributed by atoms with Crippen molar-refractivity contribution < 1.29 is 76.5 Å². The van der Waals surface area contributed by atoms with Crippen LogP contribution in [-0.4, -0.2) is 31.1 Å². The van der Waals surface area contributed by atoms with Crippen LogP contribution < -0.4 is 24.8 Å². The molecule has 220 valence electrons. The van der Waals surface area contributed by atoms with Gasteiger partial charge in [-0.15, -0.1) is 71.4 Å². The molecule has 2 aliphatic rings. The summed E-state index contributed by atoms with van der Waals surface area (Å²) >= 11 is 0. The number of rotatable bonds is 0. The fraction of sp³-hybridized carbons (Fsp3) is 0.438. The van der Waals surface area contributed by atoms with Crippen molar-refractivity contribution in [3.8, 4) is 0 Å². The van der Waals surface area contributed by atoms with Crippen molar-refractivity contribution in [3.63, 3.8) is 0 Å². The summed E-state index contributed by atoms with van der Waals surface area (Å²) in [6, 6.07) is 29.9. The van der Waals surface area contributed by atoms with Crippen molar-refractivity contribution in [2.75, 3.05) is 0 Å². The summed E-state index contributed by atoms with van der Waals surface area (Å²) in [7, 11) is 2.17. The van der Waals surface area contributed by atoms with E-state index in [1.807, 2.05) is 0 Å². The molecule has 2 fully saturated rings. The molecule has 2 N–H and O–H groups in total. The first-order chi connectivity index (χ1) is 17.5. The topological polar surface area (TPSA) is 47.6 Å². The maximum atomic E-state index is 7.13. The van der Waals surface area contributed by atoms with Crippen LogP contribution in [-0.2, 0) is 51.7 Å². The van der Waals surface area contributed by atoms with Crippen molar-refractivity contribution in [2.24, 2.45) is 0 Å². The summed E-state index contributed by atoms with van der Waals surface area (Å²) in [5, 5.41) is 5.32. The van der Waals surface area contributed by atoms with E-state index in [9.17, 15) is 0 Å². The molecule has 0 spiro atoms. The third kappa shape index (κ3) is 22.9. The van der Waals surface area contributed by atoms with E-state index in [1.54, 1.807) is 0 Å². The van der Waals surface area contributed by atoms with Crippen LogP contribution in [0.3, 0.4) is 0 Å². The fourth-order valence-electron chi connectivity index (χ4n) is 3.99. The van der Waals surface area contributed by atoms with Crippen LogP contribution in [0.4, 0.5) is 0 Å². The Hall–Kier alpha value is 0.334. The Morgan fingerprint density at radius 2 is 0.825 bits per heavy atom. The van der Waals surface area contributed by atoms with E-state index < -0.39 is 0 Å². The van der Waals surface area contributed by atoms with Crippen molar-refractivity contribution in [1.82, 2.24) is 0 Å². The molecule has 4 aromatic rings. The van der Waals surface area contributed by atoms with Gasteiger partial charge in [-0.25, -0.2) is 0 Å². The molecule has 6 rings (SSSR count). The molecule has 0 bridgehead atoms. The molecule has 8 heteroatoms. The van der Waals surface area contributed by atoms with Gasteiger partial charge in [0.15, 0.2) is 0 Å². The second-order valence-electron chi connectivity index (χ2n) is 9.27. The third-order valence-corrected chi connectivity index (χ3v) is 5.81. The van der Waals surface area contributed by atoms with E-state index in [1.165, 1.54) is 47.2 Å². The summed E-state index contributed by atoms with van der Waals surface area (Å²) in [4.78, 5) is 0. The molecule has 0 saturated heterocycles. The molecule has 0 unspecified atom stereocenters. The van der Waals surface area contributed by atoms with E-state index in [0.717, 1.165) is 44.7 Å². The van der Waals surface area contributed by atoms with Crippen molar-refractivity contribution in [3.05, 3.63) is 96.4 Å². The monoisotopic (exact) mass is 944 g/mol. The quantitative estimate of drug-likeness (QED) is 0.182. The average Bonchev–Trinajstić information content (AvgIpc) is 3.69. The Morgan fingerprint density at radius 3 is 1.05 bits per heavy atom. The van der Waals surface area contributed by atoms with Crippen molar-refractivity contribution >= 4 is 40.6 Å². The van der Waals surface area contributed by atoms with Crippen LogP contribution in [0.15, 0.2) is 84.9 Å². The number of hydrogen-bond acceptors (Lipinski definition) is 0. The van der Waals surface area contributed by atoms with Crippen LogP contribution in [0, 0.1) is 0 Å². The third-order valence-electron chi connectivity index (χ3n) is 5.81. The second-order valence-corrected chi connectivity index (χ2v) is 11.3. The van der Waals surface area contributed by atoms with Gasteiger partial charge in [0.05, 0.1) is 0 Å². The zero-order chi connectivity index (χ0) is 26.4. The molecule has 40 heavy (non-hydrogen) atoms. The summed E-state index contributed by atoms with van der Waals surface area (Å²) in [5.41, 5.74) is 14.3. The maximum Gasteiger partial charge on any atom is 0.0307 e. The van der Waals surface area contributed by atoms with Crippen LogP contribution in [0.25, 0.3) is 33.0 Å². The van der Waals surface area contributed by atoms with Gasteiger partial charge < -0.3 is 36.3 Å². The van der Waals surface area contributed by atoms with Gasteiger partial charge in [0.25, 0.3) is 0 Å². The van der Waals surface area contributed by atoms with Gasteiger partial charge >= 0.3 is 0 Å². The minimum atomic E-state index is 0. The van der Waals surface area contributed by atoms with Gasteiger partial charge in [0, 0.05) is 70.7 Å². The van der Waals surface area contributed by atoms with Gasteiger partial charge in [0.1, 0.15) is 0 Å². The maximum absolute atomic E-state index is 7.13. The first-order valence-electron chi connectivity index (χ1n) is 13.4. The summed E-state index contributed by atoms with van der Waals surface area (Å²) in [6.45, 7) is 8.61. The van der Waals surface area contributed by atoms with E-state index in [0.29, 0.717) is 12.1 Å². The van der Waals surface area contributed by atoms with Crippen molar-refractivity contribution in [2.45, 2.75) is 89.6 Å². The van der Waals surface area contributed by atoms with Crippen LogP contribution in [0.5, 0.6) is 0 Å². The fourth-order valence-corrected chi connectivity index (χ4v) is 3.99. The summed E-state index contributed by atoms with van der Waals surface area (Å²) in [5.74, 6) is 0. The molecule has 4 radical (unpaired) electrons. The Morgan fingerprint density at radius 1 is 0.550 bits per heavy atom. The number of nitrogens with one attached hydrogen (secondary N) is 2. The van der Waals surface area contributed by atoms with Gasteiger partial charge in [-0.3, -0.25) is 0 Å². The second kappa shape index (κ2) is 32.3. The van der Waals surface area contributed by atoms with E-state index >= 15 is 0 Å². The predicted octanol–water partition coefficient (Wildman–Crippen LogP) is 4.66. The predicted molar refractivity (Wildman–Crippen MR) is 167 cm³/mol. The zero-order valence-electron chi connectivity index (χ0n) is 24.7. The van der Waals surface area contributed by atoms with Gasteiger partial charge in [-0.1, -0.05) is 89.7 Å². The smallest absolute Gasteiger partial charge is 0.0307 e. The Kier molecular flexibility index (Phi) is 38.1. The Balaban J connectivity index is -0.000000199. The minimum Gasteiger partial charge on any atom is -1.00 e. The Bertz CT molecular complexity index is 876. The standard InChI is InChI=1S/2C9H7.2C5H10N.2C2H6Si.2ClH.2Hf/c2*1-2-5-9-7-3-6-8(9)4-1;2*6-5-3-1-2-4-5;2*1-3-2;;;;/h2*1-7H;2*5-6H,1-4H2;2*1-2H3;2*1H;;/q4*-1;;;;;;/p-2. The molecular formula is C32H46Cl2Hf2N2Si2-6. The SMILES string of the molecule is C[Si]C.C[Si]C.[Cl-].[Cl-].[Hf].[Hf].[NH-]C1CCCC1.[NH-]C1CCCC1.c1ccc2[cH-]ccc2c1.c1ccc2[cH-]ccc2c1. The molecule has 4 aromatic carbocycles. The molecule has 0 amide bonds.